The molecule has 1 saturated heterocycles. The Morgan fingerprint density at radius 2 is 2.06 bits per heavy atom. The smallest absolute Gasteiger partial charge is 0.159 e. The first-order valence-corrected chi connectivity index (χ1v) is 7.82. The van der Waals surface area contributed by atoms with Crippen molar-refractivity contribution in [3.8, 4) is 5.75 Å². The first-order chi connectivity index (χ1) is 8.59. The Morgan fingerprint density at radius 3 is 2.67 bits per heavy atom. The number of benzene rings is 1. The maximum Gasteiger partial charge on any atom is 0.159 e. The molecule has 1 aliphatic rings. The summed E-state index contributed by atoms with van der Waals surface area (Å²) in [5, 5.41) is -0.378. The molecule has 0 bridgehead atoms. The summed E-state index contributed by atoms with van der Waals surface area (Å²) in [6, 6.07) is 9.23. The van der Waals surface area contributed by atoms with Crippen molar-refractivity contribution in [3.63, 3.8) is 0 Å². The van der Waals surface area contributed by atoms with E-state index in [0.29, 0.717) is 18.8 Å². The highest BCUT2D eigenvalue weighted by Gasteiger charge is 2.35. The molecule has 2 unspecified atom stereocenters. The lowest BCUT2D eigenvalue weighted by molar-refractivity contribution is 0.126. The quantitative estimate of drug-likeness (QED) is 0.816. The van der Waals surface area contributed by atoms with Crippen LogP contribution in [-0.4, -0.2) is 38.7 Å². The summed E-state index contributed by atoms with van der Waals surface area (Å²) in [6.45, 7) is 2.54. The Balaban J connectivity index is 1.86. The largest absolute Gasteiger partial charge is 0.493 e. The lowest BCUT2D eigenvalue weighted by Gasteiger charge is -2.15. The van der Waals surface area contributed by atoms with Gasteiger partial charge in [0.2, 0.25) is 0 Å². The second-order valence-corrected chi connectivity index (χ2v) is 6.77. The Hall–Kier alpha value is -1.07. The van der Waals surface area contributed by atoms with E-state index in [1.54, 1.807) is 0 Å². The van der Waals surface area contributed by atoms with Gasteiger partial charge in [-0.2, -0.15) is 0 Å². The van der Waals surface area contributed by atoms with Gasteiger partial charge in [-0.3, -0.25) is 0 Å². The summed E-state index contributed by atoms with van der Waals surface area (Å²) in [6.07, 6.45) is 0.390. The Kier molecular flexibility index (Phi) is 4.24. The Morgan fingerprint density at radius 1 is 1.33 bits per heavy atom. The molecule has 1 heterocycles. The van der Waals surface area contributed by atoms with Crippen LogP contribution in [0.5, 0.6) is 5.75 Å². The number of rotatable bonds is 5. The van der Waals surface area contributed by atoms with E-state index >= 15 is 0 Å². The third kappa shape index (κ3) is 3.23. The number of sulfone groups is 1. The monoisotopic (exact) mass is 270 g/mol. The molecule has 2 rings (SSSR count). The standard InChI is InChI=1S/C13H18O4S/c1-11-13(7-8-16-11)18(14,15)10-9-17-12-5-3-2-4-6-12/h2-6,11,13H,7-10H2,1H3. The second-order valence-electron chi connectivity index (χ2n) is 4.43. The fourth-order valence-corrected chi connectivity index (χ4v) is 3.86. The summed E-state index contributed by atoms with van der Waals surface area (Å²) in [5.74, 6) is 0.740. The molecule has 1 aromatic rings. The molecule has 0 spiro atoms. The van der Waals surface area contributed by atoms with Gasteiger partial charge in [-0.15, -0.1) is 0 Å². The van der Waals surface area contributed by atoms with Gasteiger partial charge in [0.15, 0.2) is 9.84 Å². The van der Waals surface area contributed by atoms with Crippen LogP contribution in [0, 0.1) is 0 Å². The zero-order valence-corrected chi connectivity index (χ0v) is 11.2. The summed E-state index contributed by atoms with van der Waals surface area (Å²) in [4.78, 5) is 0. The number of para-hydroxylation sites is 1. The van der Waals surface area contributed by atoms with Crippen LogP contribution in [0.25, 0.3) is 0 Å². The van der Waals surface area contributed by atoms with Crippen LogP contribution < -0.4 is 4.74 Å². The average Bonchev–Trinajstić information content (AvgIpc) is 2.77. The van der Waals surface area contributed by atoms with Crippen molar-refractivity contribution in [2.24, 2.45) is 0 Å². The third-order valence-corrected chi connectivity index (χ3v) is 5.42. The molecule has 0 saturated carbocycles. The molecule has 100 valence electrons. The van der Waals surface area contributed by atoms with Gasteiger partial charge in [0.25, 0.3) is 0 Å². The average molecular weight is 270 g/mol. The maximum absolute atomic E-state index is 12.1. The highest BCUT2D eigenvalue weighted by molar-refractivity contribution is 7.92. The van der Waals surface area contributed by atoms with Crippen LogP contribution in [0.15, 0.2) is 30.3 Å². The minimum Gasteiger partial charge on any atom is -0.493 e. The molecule has 2 atom stereocenters. The minimum absolute atomic E-state index is 0.0419. The molecule has 0 aromatic heterocycles. The van der Waals surface area contributed by atoms with Crippen LogP contribution in [-0.2, 0) is 14.6 Å². The van der Waals surface area contributed by atoms with E-state index in [1.807, 2.05) is 37.3 Å². The molecule has 0 aliphatic carbocycles. The SMILES string of the molecule is CC1OCCC1S(=O)(=O)CCOc1ccccc1. The summed E-state index contributed by atoms with van der Waals surface area (Å²) in [5.41, 5.74) is 0. The van der Waals surface area contributed by atoms with Crippen molar-refractivity contribution >= 4 is 9.84 Å². The van der Waals surface area contributed by atoms with Gasteiger partial charge in [-0.25, -0.2) is 8.42 Å². The molecule has 18 heavy (non-hydrogen) atoms. The van der Waals surface area contributed by atoms with E-state index in [1.165, 1.54) is 0 Å². The summed E-state index contributed by atoms with van der Waals surface area (Å²) >= 11 is 0. The third-order valence-electron chi connectivity index (χ3n) is 3.15. The van der Waals surface area contributed by atoms with Crippen LogP contribution in [0.1, 0.15) is 13.3 Å². The van der Waals surface area contributed by atoms with Crippen molar-refractivity contribution in [1.29, 1.82) is 0 Å². The van der Waals surface area contributed by atoms with E-state index in [2.05, 4.69) is 0 Å². The molecular formula is C13H18O4S. The van der Waals surface area contributed by atoms with Crippen LogP contribution in [0.2, 0.25) is 0 Å². The lowest BCUT2D eigenvalue weighted by Crippen LogP contribution is -2.32. The van der Waals surface area contributed by atoms with Gasteiger partial charge >= 0.3 is 0 Å². The molecule has 0 amide bonds. The minimum atomic E-state index is -3.13. The number of hydrogen-bond donors (Lipinski definition) is 0. The van der Waals surface area contributed by atoms with Gasteiger partial charge in [-0.1, -0.05) is 18.2 Å². The highest BCUT2D eigenvalue weighted by atomic mass is 32.2. The second kappa shape index (κ2) is 5.71. The van der Waals surface area contributed by atoms with Crippen molar-refractivity contribution in [2.75, 3.05) is 19.0 Å². The van der Waals surface area contributed by atoms with Crippen molar-refractivity contribution < 1.29 is 17.9 Å². The van der Waals surface area contributed by atoms with E-state index < -0.39 is 9.84 Å². The molecule has 1 aliphatic heterocycles. The molecular weight excluding hydrogens is 252 g/mol. The predicted octanol–water partition coefficient (Wildman–Crippen LogP) is 1.66. The summed E-state index contributed by atoms with van der Waals surface area (Å²) < 4.78 is 34.9. The van der Waals surface area contributed by atoms with Gasteiger partial charge in [0.05, 0.1) is 17.1 Å². The van der Waals surface area contributed by atoms with Gasteiger partial charge < -0.3 is 9.47 Å². The van der Waals surface area contributed by atoms with Crippen molar-refractivity contribution in [3.05, 3.63) is 30.3 Å². The Bertz CT molecular complexity index is 469. The fourth-order valence-electron chi connectivity index (χ4n) is 2.13. The van der Waals surface area contributed by atoms with Gasteiger partial charge in [0, 0.05) is 6.61 Å². The van der Waals surface area contributed by atoms with E-state index in [9.17, 15) is 8.42 Å². The zero-order chi connectivity index (χ0) is 13.0. The number of hydrogen-bond acceptors (Lipinski definition) is 4. The van der Waals surface area contributed by atoms with Crippen LogP contribution in [0.4, 0.5) is 0 Å². The van der Waals surface area contributed by atoms with E-state index in [-0.39, 0.29) is 23.7 Å². The summed E-state index contributed by atoms with van der Waals surface area (Å²) in [7, 11) is -3.13. The molecule has 4 nitrogen and oxygen atoms in total. The van der Waals surface area contributed by atoms with Crippen molar-refractivity contribution in [1.82, 2.24) is 0 Å². The lowest BCUT2D eigenvalue weighted by atomic mass is 10.3. The van der Waals surface area contributed by atoms with Crippen LogP contribution >= 0.6 is 0 Å². The van der Waals surface area contributed by atoms with Gasteiger partial charge in [0.1, 0.15) is 12.4 Å². The molecule has 1 aromatic carbocycles. The molecule has 0 N–H and O–H groups in total. The molecule has 5 heteroatoms. The molecule has 0 radical (unpaired) electrons. The normalized spacial score (nSPS) is 24.1. The highest BCUT2D eigenvalue weighted by Crippen LogP contribution is 2.21. The first-order valence-electron chi connectivity index (χ1n) is 6.10. The molecule has 1 fully saturated rings. The van der Waals surface area contributed by atoms with E-state index in [4.69, 9.17) is 9.47 Å². The number of ether oxygens (including phenoxy) is 2. The Labute approximate surface area is 108 Å². The zero-order valence-electron chi connectivity index (χ0n) is 10.4. The maximum atomic E-state index is 12.1. The predicted molar refractivity (Wildman–Crippen MR) is 69.5 cm³/mol. The first kappa shape index (κ1) is 13.4. The van der Waals surface area contributed by atoms with Crippen molar-refractivity contribution in [2.45, 2.75) is 24.7 Å². The van der Waals surface area contributed by atoms with E-state index in [0.717, 1.165) is 0 Å². The van der Waals surface area contributed by atoms with Gasteiger partial charge in [-0.05, 0) is 25.5 Å². The topological polar surface area (TPSA) is 52.6 Å². The fraction of sp³-hybridized carbons (Fsp3) is 0.538. The van der Waals surface area contributed by atoms with Crippen LogP contribution in [0.3, 0.4) is 0 Å².